The number of primary amides is 1. The summed E-state index contributed by atoms with van der Waals surface area (Å²) in [6.45, 7) is -2.33. The van der Waals surface area contributed by atoms with Gasteiger partial charge in [-0.3, -0.25) is 9.59 Å². The van der Waals surface area contributed by atoms with E-state index < -0.39 is 24.3 Å². The Morgan fingerprint density at radius 3 is 2.71 bits per heavy atom. The number of carbonyl (C=O) groups excluding carboxylic acids is 2. The van der Waals surface area contributed by atoms with Gasteiger partial charge in [0.15, 0.2) is 0 Å². The first kappa shape index (κ1) is 15.2. The van der Waals surface area contributed by atoms with Crippen molar-refractivity contribution in [1.82, 2.24) is 4.90 Å². The molecule has 0 aliphatic carbocycles. The van der Waals surface area contributed by atoms with Crippen LogP contribution in [0.1, 0.15) is 23.2 Å². The number of amides is 2. The Hall–Kier alpha value is -2.18. The molecular weight excluding hydrogens is 282 g/mol. The molecule has 0 radical (unpaired) electrons. The van der Waals surface area contributed by atoms with Crippen molar-refractivity contribution in [3.05, 3.63) is 29.8 Å². The van der Waals surface area contributed by atoms with Gasteiger partial charge in [-0.05, 0) is 25.0 Å². The van der Waals surface area contributed by atoms with Crippen LogP contribution in [0.3, 0.4) is 0 Å². The summed E-state index contributed by atoms with van der Waals surface area (Å²) in [6, 6.07) is 5.82. The van der Waals surface area contributed by atoms with E-state index >= 15 is 0 Å². The fraction of sp³-hybridized carbons (Fsp3) is 0.429. The summed E-state index contributed by atoms with van der Waals surface area (Å²) < 4.78 is 29.1. The van der Waals surface area contributed by atoms with E-state index in [2.05, 4.69) is 4.74 Å². The van der Waals surface area contributed by atoms with Gasteiger partial charge in [0.05, 0.1) is 11.5 Å². The third-order valence-corrected chi connectivity index (χ3v) is 3.44. The lowest BCUT2D eigenvalue weighted by molar-refractivity contribution is -0.123. The molecule has 0 saturated carbocycles. The van der Waals surface area contributed by atoms with Crippen molar-refractivity contribution >= 4 is 11.8 Å². The summed E-state index contributed by atoms with van der Waals surface area (Å²) in [4.78, 5) is 25.1. The minimum Gasteiger partial charge on any atom is -0.434 e. The average Bonchev–Trinajstić information content (AvgIpc) is 2.46. The quantitative estimate of drug-likeness (QED) is 0.918. The molecule has 2 N–H and O–H groups in total. The molecule has 7 heteroatoms. The summed E-state index contributed by atoms with van der Waals surface area (Å²) in [6.07, 6.45) is 1.28. The molecule has 1 fully saturated rings. The molecule has 0 bridgehead atoms. The SMILES string of the molecule is NC(=O)C1CCCN(C(=O)c2ccccc2OC(F)F)C1. The Balaban J connectivity index is 2.18. The first-order valence-electron chi connectivity index (χ1n) is 6.61. The van der Waals surface area contributed by atoms with Gasteiger partial charge in [-0.2, -0.15) is 8.78 Å². The number of alkyl halides is 2. The van der Waals surface area contributed by atoms with E-state index in [1.807, 2.05) is 0 Å². The highest BCUT2D eigenvalue weighted by Gasteiger charge is 2.29. The van der Waals surface area contributed by atoms with Crippen molar-refractivity contribution in [2.24, 2.45) is 11.7 Å². The first-order chi connectivity index (χ1) is 9.99. The normalized spacial score (nSPS) is 18.6. The van der Waals surface area contributed by atoms with Crippen LogP contribution in [0.25, 0.3) is 0 Å². The van der Waals surface area contributed by atoms with Crippen LogP contribution in [0.15, 0.2) is 24.3 Å². The number of para-hydroxylation sites is 1. The maximum Gasteiger partial charge on any atom is 0.387 e. The van der Waals surface area contributed by atoms with Crippen LogP contribution in [0.5, 0.6) is 5.75 Å². The zero-order valence-corrected chi connectivity index (χ0v) is 11.3. The number of nitrogens with two attached hydrogens (primary N) is 1. The predicted octanol–water partition coefficient (Wildman–Crippen LogP) is 1.63. The number of hydrogen-bond acceptors (Lipinski definition) is 3. The maximum absolute atomic E-state index is 12.4. The standard InChI is InChI=1S/C14H16F2N2O3/c15-14(16)21-11-6-2-1-5-10(11)13(20)18-7-3-4-9(8-18)12(17)19/h1-2,5-6,9,14H,3-4,7-8H2,(H2,17,19). The van der Waals surface area contributed by atoms with Crippen LogP contribution >= 0.6 is 0 Å². The third-order valence-electron chi connectivity index (χ3n) is 3.44. The van der Waals surface area contributed by atoms with Gasteiger partial charge in [-0.25, -0.2) is 0 Å². The molecule has 114 valence electrons. The second-order valence-electron chi connectivity index (χ2n) is 4.87. The summed E-state index contributed by atoms with van der Waals surface area (Å²) in [5, 5.41) is 0. The minimum absolute atomic E-state index is 0.0583. The Morgan fingerprint density at radius 2 is 2.05 bits per heavy atom. The van der Waals surface area contributed by atoms with E-state index in [0.29, 0.717) is 19.4 Å². The lowest BCUT2D eigenvalue weighted by Crippen LogP contribution is -2.44. The summed E-state index contributed by atoms with van der Waals surface area (Å²) >= 11 is 0. The lowest BCUT2D eigenvalue weighted by atomic mass is 9.97. The molecule has 5 nitrogen and oxygen atoms in total. The first-order valence-corrected chi connectivity index (χ1v) is 6.61. The predicted molar refractivity (Wildman–Crippen MR) is 70.9 cm³/mol. The monoisotopic (exact) mass is 298 g/mol. The van der Waals surface area contributed by atoms with Gasteiger partial charge >= 0.3 is 6.61 Å². The van der Waals surface area contributed by atoms with Crippen LogP contribution in [0, 0.1) is 5.92 Å². The summed E-state index contributed by atoms with van der Waals surface area (Å²) in [5.74, 6) is -1.45. The van der Waals surface area contributed by atoms with Crippen molar-refractivity contribution in [3.63, 3.8) is 0 Å². The number of hydrogen-bond donors (Lipinski definition) is 1. The number of nitrogens with zero attached hydrogens (tertiary/aromatic N) is 1. The molecule has 1 aromatic carbocycles. The van der Waals surface area contributed by atoms with Crippen molar-refractivity contribution in [2.45, 2.75) is 19.5 Å². The van der Waals surface area contributed by atoms with Gasteiger partial charge < -0.3 is 15.4 Å². The van der Waals surface area contributed by atoms with Gasteiger partial charge in [0.2, 0.25) is 5.91 Å². The molecule has 21 heavy (non-hydrogen) atoms. The number of rotatable bonds is 4. The van der Waals surface area contributed by atoms with Gasteiger partial charge in [-0.15, -0.1) is 0 Å². The van der Waals surface area contributed by atoms with Crippen molar-refractivity contribution in [1.29, 1.82) is 0 Å². The average molecular weight is 298 g/mol. The fourth-order valence-corrected chi connectivity index (χ4v) is 2.41. The Morgan fingerprint density at radius 1 is 1.33 bits per heavy atom. The number of benzene rings is 1. The molecule has 2 amide bonds. The van der Waals surface area contributed by atoms with E-state index in [4.69, 9.17) is 5.73 Å². The maximum atomic E-state index is 12.4. The zero-order chi connectivity index (χ0) is 15.4. The topological polar surface area (TPSA) is 72.6 Å². The molecule has 1 atom stereocenters. The second kappa shape index (κ2) is 6.51. The van der Waals surface area contributed by atoms with Crippen molar-refractivity contribution < 1.29 is 23.1 Å². The van der Waals surface area contributed by atoms with Gasteiger partial charge in [0.1, 0.15) is 5.75 Å². The Bertz CT molecular complexity index is 537. The largest absolute Gasteiger partial charge is 0.434 e. The molecule has 2 rings (SSSR count). The summed E-state index contributed by atoms with van der Waals surface area (Å²) in [7, 11) is 0. The Kier molecular flexibility index (Phi) is 4.72. The second-order valence-corrected chi connectivity index (χ2v) is 4.87. The molecular formula is C14H16F2N2O3. The van der Waals surface area contributed by atoms with Crippen molar-refractivity contribution in [2.75, 3.05) is 13.1 Å². The van der Waals surface area contributed by atoms with E-state index in [9.17, 15) is 18.4 Å². The smallest absolute Gasteiger partial charge is 0.387 e. The highest BCUT2D eigenvalue weighted by molar-refractivity contribution is 5.97. The number of piperidine rings is 1. The molecule has 1 heterocycles. The molecule has 1 unspecified atom stereocenters. The van der Waals surface area contributed by atoms with Crippen LogP contribution < -0.4 is 10.5 Å². The number of ether oxygens (including phenoxy) is 1. The van der Waals surface area contributed by atoms with E-state index in [1.54, 1.807) is 6.07 Å². The van der Waals surface area contributed by atoms with Gasteiger partial charge in [0, 0.05) is 13.1 Å². The highest BCUT2D eigenvalue weighted by atomic mass is 19.3. The van der Waals surface area contributed by atoms with Crippen LogP contribution in [0.2, 0.25) is 0 Å². The van der Waals surface area contributed by atoms with E-state index in [-0.39, 0.29) is 17.9 Å². The zero-order valence-electron chi connectivity index (χ0n) is 11.3. The third kappa shape index (κ3) is 3.68. The molecule has 1 aromatic rings. The minimum atomic E-state index is -3.00. The number of likely N-dealkylation sites (tertiary alicyclic amines) is 1. The molecule has 1 aliphatic heterocycles. The van der Waals surface area contributed by atoms with E-state index in [1.165, 1.54) is 23.1 Å². The van der Waals surface area contributed by atoms with E-state index in [0.717, 1.165) is 0 Å². The highest BCUT2D eigenvalue weighted by Crippen LogP contribution is 2.24. The molecule has 0 spiro atoms. The van der Waals surface area contributed by atoms with Gasteiger partial charge in [0.25, 0.3) is 5.91 Å². The van der Waals surface area contributed by atoms with Crippen LogP contribution in [-0.4, -0.2) is 36.4 Å². The lowest BCUT2D eigenvalue weighted by Gasteiger charge is -2.31. The fourth-order valence-electron chi connectivity index (χ4n) is 2.41. The summed E-state index contributed by atoms with van der Waals surface area (Å²) in [5.41, 5.74) is 5.32. The Labute approximate surface area is 120 Å². The van der Waals surface area contributed by atoms with Crippen LogP contribution in [-0.2, 0) is 4.79 Å². The molecule has 1 aliphatic rings. The van der Waals surface area contributed by atoms with Crippen molar-refractivity contribution in [3.8, 4) is 5.75 Å². The number of carbonyl (C=O) groups is 2. The molecule has 0 aromatic heterocycles. The van der Waals surface area contributed by atoms with Gasteiger partial charge in [-0.1, -0.05) is 12.1 Å². The number of halogens is 2. The van der Waals surface area contributed by atoms with Crippen LogP contribution in [0.4, 0.5) is 8.78 Å². The molecule has 1 saturated heterocycles.